The Bertz CT molecular complexity index is 339. The molecule has 96 valence electrons. The minimum atomic E-state index is -0.284. The van der Waals surface area contributed by atoms with Crippen molar-refractivity contribution in [2.24, 2.45) is 5.92 Å². The Morgan fingerprint density at radius 1 is 1.41 bits per heavy atom. The van der Waals surface area contributed by atoms with Gasteiger partial charge in [0.1, 0.15) is 11.6 Å². The Morgan fingerprint density at radius 3 is 2.82 bits per heavy atom. The van der Waals surface area contributed by atoms with Crippen LogP contribution in [0.5, 0.6) is 0 Å². The summed E-state index contributed by atoms with van der Waals surface area (Å²) in [5, 5.41) is 6.51. The number of rotatable bonds is 7. The van der Waals surface area contributed by atoms with Crippen LogP contribution in [0.2, 0.25) is 0 Å². The van der Waals surface area contributed by atoms with Crippen LogP contribution < -0.4 is 10.6 Å². The fourth-order valence-corrected chi connectivity index (χ4v) is 1.48. The standard InChI is InChI=1S/C13H22FN3/c1-4-5-15-8-11-6-12(14)9-17-13(11)16-7-10(2)3/h6,9-10,15H,4-5,7-8H2,1-3H3,(H,16,17). The zero-order valence-electron chi connectivity index (χ0n) is 10.9. The zero-order chi connectivity index (χ0) is 12.7. The van der Waals surface area contributed by atoms with Crippen molar-refractivity contribution in [1.29, 1.82) is 0 Å². The van der Waals surface area contributed by atoms with Crippen LogP contribution in [0, 0.1) is 11.7 Å². The number of nitrogens with one attached hydrogen (secondary N) is 2. The largest absolute Gasteiger partial charge is 0.370 e. The summed E-state index contributed by atoms with van der Waals surface area (Å²) >= 11 is 0. The Kier molecular flexibility index (Phi) is 5.91. The van der Waals surface area contributed by atoms with E-state index in [2.05, 4.69) is 36.4 Å². The highest BCUT2D eigenvalue weighted by atomic mass is 19.1. The highest BCUT2D eigenvalue weighted by Crippen LogP contribution is 2.14. The van der Waals surface area contributed by atoms with Crippen molar-refractivity contribution in [3.63, 3.8) is 0 Å². The number of nitrogens with zero attached hydrogens (tertiary/aromatic N) is 1. The third-order valence-corrected chi connectivity index (χ3v) is 2.35. The van der Waals surface area contributed by atoms with Crippen LogP contribution in [0.15, 0.2) is 12.3 Å². The quantitative estimate of drug-likeness (QED) is 0.718. The monoisotopic (exact) mass is 239 g/mol. The van der Waals surface area contributed by atoms with Gasteiger partial charge in [-0.15, -0.1) is 0 Å². The smallest absolute Gasteiger partial charge is 0.141 e. The zero-order valence-corrected chi connectivity index (χ0v) is 10.9. The maximum atomic E-state index is 13.1. The number of hydrogen-bond donors (Lipinski definition) is 2. The molecule has 0 radical (unpaired) electrons. The van der Waals surface area contributed by atoms with E-state index in [1.165, 1.54) is 6.20 Å². The Labute approximate surface area is 103 Å². The van der Waals surface area contributed by atoms with Gasteiger partial charge in [-0.25, -0.2) is 9.37 Å². The van der Waals surface area contributed by atoms with E-state index in [0.29, 0.717) is 12.5 Å². The summed E-state index contributed by atoms with van der Waals surface area (Å²) in [6.07, 6.45) is 2.32. The first-order valence-corrected chi connectivity index (χ1v) is 6.22. The van der Waals surface area contributed by atoms with Crippen LogP contribution >= 0.6 is 0 Å². The summed E-state index contributed by atoms with van der Waals surface area (Å²) in [5.41, 5.74) is 0.888. The predicted octanol–water partition coefficient (Wildman–Crippen LogP) is 2.79. The van der Waals surface area contributed by atoms with E-state index in [0.717, 1.165) is 30.9 Å². The Balaban J connectivity index is 2.66. The normalized spacial score (nSPS) is 10.9. The van der Waals surface area contributed by atoms with Gasteiger partial charge in [-0.3, -0.25) is 0 Å². The number of halogens is 1. The molecule has 0 unspecified atom stereocenters. The van der Waals surface area contributed by atoms with Gasteiger partial charge in [0.2, 0.25) is 0 Å². The molecule has 17 heavy (non-hydrogen) atoms. The molecule has 0 spiro atoms. The third kappa shape index (κ3) is 5.13. The third-order valence-electron chi connectivity index (χ3n) is 2.35. The maximum absolute atomic E-state index is 13.1. The molecule has 0 bridgehead atoms. The van der Waals surface area contributed by atoms with Crippen molar-refractivity contribution < 1.29 is 4.39 Å². The molecule has 3 nitrogen and oxygen atoms in total. The molecular weight excluding hydrogens is 217 g/mol. The van der Waals surface area contributed by atoms with Crippen LogP contribution in [0.25, 0.3) is 0 Å². The Morgan fingerprint density at radius 2 is 2.18 bits per heavy atom. The lowest BCUT2D eigenvalue weighted by Crippen LogP contribution is -2.17. The lowest BCUT2D eigenvalue weighted by molar-refractivity contribution is 0.611. The van der Waals surface area contributed by atoms with Crippen LogP contribution in [-0.2, 0) is 6.54 Å². The van der Waals surface area contributed by atoms with Crippen molar-refractivity contribution in [1.82, 2.24) is 10.3 Å². The summed E-state index contributed by atoms with van der Waals surface area (Å²) in [6, 6.07) is 1.54. The van der Waals surface area contributed by atoms with E-state index in [1.54, 1.807) is 6.07 Å². The fourth-order valence-electron chi connectivity index (χ4n) is 1.48. The summed E-state index contributed by atoms with van der Waals surface area (Å²) in [4.78, 5) is 4.10. The van der Waals surface area contributed by atoms with Crippen LogP contribution in [-0.4, -0.2) is 18.1 Å². The fraction of sp³-hybridized carbons (Fsp3) is 0.615. The predicted molar refractivity (Wildman–Crippen MR) is 69.5 cm³/mol. The van der Waals surface area contributed by atoms with Gasteiger partial charge in [0.25, 0.3) is 0 Å². The average Bonchev–Trinajstić information content (AvgIpc) is 2.28. The minimum Gasteiger partial charge on any atom is -0.370 e. The van der Waals surface area contributed by atoms with Crippen molar-refractivity contribution in [2.75, 3.05) is 18.4 Å². The van der Waals surface area contributed by atoms with Gasteiger partial charge in [-0.1, -0.05) is 20.8 Å². The van der Waals surface area contributed by atoms with Crippen LogP contribution in [0.3, 0.4) is 0 Å². The summed E-state index contributed by atoms with van der Waals surface area (Å²) < 4.78 is 13.1. The molecule has 0 saturated heterocycles. The molecule has 0 atom stereocenters. The molecule has 1 aromatic rings. The molecule has 0 aliphatic heterocycles. The van der Waals surface area contributed by atoms with Gasteiger partial charge in [0, 0.05) is 18.7 Å². The van der Waals surface area contributed by atoms with E-state index in [4.69, 9.17) is 0 Å². The molecule has 1 heterocycles. The average molecular weight is 239 g/mol. The van der Waals surface area contributed by atoms with Crippen molar-refractivity contribution in [3.05, 3.63) is 23.6 Å². The van der Waals surface area contributed by atoms with Gasteiger partial charge in [0.05, 0.1) is 6.20 Å². The maximum Gasteiger partial charge on any atom is 0.141 e. The first-order chi connectivity index (χ1) is 8.13. The van der Waals surface area contributed by atoms with E-state index in [9.17, 15) is 4.39 Å². The second kappa shape index (κ2) is 7.22. The molecule has 1 aromatic heterocycles. The van der Waals surface area contributed by atoms with Crippen molar-refractivity contribution in [2.45, 2.75) is 33.7 Å². The number of anilines is 1. The number of hydrogen-bond acceptors (Lipinski definition) is 3. The molecule has 0 aliphatic carbocycles. The van der Waals surface area contributed by atoms with Gasteiger partial charge < -0.3 is 10.6 Å². The molecule has 1 rings (SSSR count). The first kappa shape index (κ1) is 13.9. The van der Waals surface area contributed by atoms with E-state index in [1.807, 2.05) is 0 Å². The lowest BCUT2D eigenvalue weighted by atomic mass is 10.2. The molecule has 0 fully saturated rings. The van der Waals surface area contributed by atoms with E-state index >= 15 is 0 Å². The topological polar surface area (TPSA) is 37.0 Å². The van der Waals surface area contributed by atoms with Gasteiger partial charge in [-0.05, 0) is 24.9 Å². The van der Waals surface area contributed by atoms with Gasteiger partial charge in [0.15, 0.2) is 0 Å². The number of aromatic nitrogens is 1. The molecule has 0 aromatic carbocycles. The molecule has 0 aliphatic rings. The molecule has 0 amide bonds. The van der Waals surface area contributed by atoms with Gasteiger partial charge >= 0.3 is 0 Å². The molecule has 2 N–H and O–H groups in total. The van der Waals surface area contributed by atoms with E-state index in [-0.39, 0.29) is 5.82 Å². The lowest BCUT2D eigenvalue weighted by Gasteiger charge is -2.13. The Hall–Kier alpha value is -1.16. The summed E-state index contributed by atoms with van der Waals surface area (Å²) in [7, 11) is 0. The molecular formula is C13H22FN3. The van der Waals surface area contributed by atoms with Crippen molar-refractivity contribution >= 4 is 5.82 Å². The first-order valence-electron chi connectivity index (χ1n) is 6.22. The molecule has 0 saturated carbocycles. The second-order valence-electron chi connectivity index (χ2n) is 4.61. The number of pyridine rings is 1. The van der Waals surface area contributed by atoms with Crippen LogP contribution in [0.1, 0.15) is 32.8 Å². The van der Waals surface area contributed by atoms with Crippen LogP contribution in [0.4, 0.5) is 10.2 Å². The highest BCUT2D eigenvalue weighted by Gasteiger charge is 2.06. The second-order valence-corrected chi connectivity index (χ2v) is 4.61. The minimum absolute atomic E-state index is 0.284. The van der Waals surface area contributed by atoms with E-state index < -0.39 is 0 Å². The SMILES string of the molecule is CCCNCc1cc(F)cnc1NCC(C)C. The highest BCUT2D eigenvalue weighted by molar-refractivity contribution is 5.43. The molecule has 4 heteroatoms. The summed E-state index contributed by atoms with van der Waals surface area (Å²) in [6.45, 7) is 8.80. The van der Waals surface area contributed by atoms with Crippen molar-refractivity contribution in [3.8, 4) is 0 Å². The van der Waals surface area contributed by atoms with Gasteiger partial charge in [-0.2, -0.15) is 0 Å². The summed E-state index contributed by atoms with van der Waals surface area (Å²) in [5.74, 6) is 1.04.